The molecular formula is C30H54O2. The van der Waals surface area contributed by atoms with E-state index in [1.54, 1.807) is 0 Å². The van der Waals surface area contributed by atoms with Gasteiger partial charge in [-0.25, -0.2) is 0 Å². The molecule has 0 saturated carbocycles. The molecule has 0 fully saturated rings. The van der Waals surface area contributed by atoms with E-state index >= 15 is 0 Å². The monoisotopic (exact) mass is 446 g/mol. The fraction of sp³-hybridized carbons (Fsp3) is 0.733. The van der Waals surface area contributed by atoms with Crippen molar-refractivity contribution in [1.29, 1.82) is 0 Å². The molecular weight excluding hydrogens is 392 g/mol. The summed E-state index contributed by atoms with van der Waals surface area (Å²) in [6.45, 7) is 21.4. The molecule has 2 atom stereocenters. The molecule has 0 spiro atoms. The summed E-state index contributed by atoms with van der Waals surface area (Å²) in [7, 11) is 0. The molecule has 2 heteroatoms. The van der Waals surface area contributed by atoms with Gasteiger partial charge < -0.3 is 9.47 Å². The van der Waals surface area contributed by atoms with E-state index < -0.39 is 0 Å². The van der Waals surface area contributed by atoms with Crippen molar-refractivity contribution in [3.05, 3.63) is 46.6 Å². The second-order valence-corrected chi connectivity index (χ2v) is 10.4. The largest absolute Gasteiger partial charge is 0.349 e. The third-order valence-corrected chi connectivity index (χ3v) is 5.72. The Morgan fingerprint density at radius 3 is 1.41 bits per heavy atom. The van der Waals surface area contributed by atoms with Gasteiger partial charge in [0, 0.05) is 0 Å². The zero-order chi connectivity index (χ0) is 24.4. The maximum atomic E-state index is 6.19. The topological polar surface area (TPSA) is 18.5 Å². The maximum Gasteiger partial charge on any atom is 0.177 e. The van der Waals surface area contributed by atoms with Gasteiger partial charge in [0.2, 0.25) is 0 Å². The van der Waals surface area contributed by atoms with Gasteiger partial charge in [-0.15, -0.1) is 0 Å². The molecule has 0 aliphatic heterocycles. The first-order valence-corrected chi connectivity index (χ1v) is 12.9. The standard InChI is InChI=1S/C30H54O2/c1-24(2)13-10-16-27(7)19-21-31-30(23-29(9)18-12-15-26(5)6)32-22-20-28(8)17-11-14-25(3)4/h13-15,23,27-28,30H,10-12,16-22H2,1-9H3/b29-23+. The molecule has 0 rings (SSSR count). The zero-order valence-corrected chi connectivity index (χ0v) is 22.9. The summed E-state index contributed by atoms with van der Waals surface area (Å²) in [4.78, 5) is 0. The highest BCUT2D eigenvalue weighted by molar-refractivity contribution is 5.03. The Morgan fingerprint density at radius 2 is 1.00 bits per heavy atom. The Labute approximate surface area is 201 Å². The lowest BCUT2D eigenvalue weighted by Gasteiger charge is -2.19. The lowest BCUT2D eigenvalue weighted by atomic mass is 10.0. The van der Waals surface area contributed by atoms with E-state index in [2.05, 4.69) is 86.6 Å². The van der Waals surface area contributed by atoms with Gasteiger partial charge in [-0.05, 0) is 118 Å². The van der Waals surface area contributed by atoms with Crippen molar-refractivity contribution in [3.63, 3.8) is 0 Å². The summed E-state index contributed by atoms with van der Waals surface area (Å²) in [6, 6.07) is 0. The molecule has 32 heavy (non-hydrogen) atoms. The van der Waals surface area contributed by atoms with Gasteiger partial charge in [0.05, 0.1) is 13.2 Å². The molecule has 0 aliphatic carbocycles. The van der Waals surface area contributed by atoms with Gasteiger partial charge in [0.25, 0.3) is 0 Å². The van der Waals surface area contributed by atoms with Crippen molar-refractivity contribution >= 4 is 0 Å². The summed E-state index contributed by atoms with van der Waals surface area (Å²) in [5.41, 5.74) is 5.54. The normalized spacial score (nSPS) is 14.5. The predicted octanol–water partition coefficient (Wildman–Crippen LogP) is 9.58. The average Bonchev–Trinajstić information content (AvgIpc) is 2.66. The van der Waals surface area contributed by atoms with Crippen LogP contribution >= 0.6 is 0 Å². The first-order chi connectivity index (χ1) is 15.1. The lowest BCUT2D eigenvalue weighted by molar-refractivity contribution is -0.116. The molecule has 0 amide bonds. The van der Waals surface area contributed by atoms with Crippen LogP contribution in [0.15, 0.2) is 46.6 Å². The third-order valence-electron chi connectivity index (χ3n) is 5.72. The van der Waals surface area contributed by atoms with Crippen LogP contribution in [0.2, 0.25) is 0 Å². The highest BCUT2D eigenvalue weighted by atomic mass is 16.7. The van der Waals surface area contributed by atoms with Crippen molar-refractivity contribution in [2.24, 2.45) is 11.8 Å². The zero-order valence-electron chi connectivity index (χ0n) is 22.9. The summed E-state index contributed by atoms with van der Waals surface area (Å²) in [5, 5.41) is 0. The molecule has 0 aromatic rings. The SMILES string of the molecule is CC(C)=CCC/C(C)=C/C(OCCC(C)CCC=C(C)C)OCCC(C)CCC=C(C)C. The van der Waals surface area contributed by atoms with Crippen molar-refractivity contribution in [1.82, 2.24) is 0 Å². The molecule has 2 unspecified atom stereocenters. The predicted molar refractivity (Wildman–Crippen MR) is 143 cm³/mol. The molecule has 0 aliphatic rings. The van der Waals surface area contributed by atoms with Crippen molar-refractivity contribution in [3.8, 4) is 0 Å². The fourth-order valence-electron chi connectivity index (χ4n) is 3.42. The Hall–Kier alpha value is -1.12. The lowest BCUT2D eigenvalue weighted by Crippen LogP contribution is -2.19. The Morgan fingerprint density at radius 1 is 0.594 bits per heavy atom. The van der Waals surface area contributed by atoms with E-state index in [-0.39, 0.29) is 6.29 Å². The first kappa shape index (κ1) is 30.9. The number of rotatable bonds is 18. The molecule has 0 aromatic carbocycles. The van der Waals surface area contributed by atoms with Crippen molar-refractivity contribution in [2.45, 2.75) is 120 Å². The minimum atomic E-state index is -0.225. The van der Waals surface area contributed by atoms with Crippen LogP contribution in [0.25, 0.3) is 0 Å². The number of hydrogen-bond donors (Lipinski definition) is 0. The minimum Gasteiger partial charge on any atom is -0.349 e. The van der Waals surface area contributed by atoms with Crippen LogP contribution in [0.5, 0.6) is 0 Å². The first-order valence-electron chi connectivity index (χ1n) is 12.9. The van der Waals surface area contributed by atoms with E-state index in [1.165, 1.54) is 35.1 Å². The molecule has 0 radical (unpaired) electrons. The van der Waals surface area contributed by atoms with Crippen LogP contribution in [0.3, 0.4) is 0 Å². The van der Waals surface area contributed by atoms with Crippen LogP contribution in [-0.4, -0.2) is 19.5 Å². The highest BCUT2D eigenvalue weighted by Gasteiger charge is 2.10. The number of hydrogen-bond acceptors (Lipinski definition) is 2. The smallest absolute Gasteiger partial charge is 0.177 e. The number of ether oxygens (including phenoxy) is 2. The summed E-state index contributed by atoms with van der Waals surface area (Å²) in [5.74, 6) is 1.34. The van der Waals surface area contributed by atoms with E-state index in [4.69, 9.17) is 9.47 Å². The highest BCUT2D eigenvalue weighted by Crippen LogP contribution is 2.16. The molecule has 186 valence electrons. The van der Waals surface area contributed by atoms with Crippen LogP contribution in [-0.2, 0) is 9.47 Å². The van der Waals surface area contributed by atoms with Crippen LogP contribution in [0, 0.1) is 11.8 Å². The van der Waals surface area contributed by atoms with Gasteiger partial charge in [-0.3, -0.25) is 0 Å². The van der Waals surface area contributed by atoms with Gasteiger partial charge in [-0.2, -0.15) is 0 Å². The van der Waals surface area contributed by atoms with Crippen LogP contribution in [0.1, 0.15) is 114 Å². The Kier molecular flexibility index (Phi) is 18.7. The van der Waals surface area contributed by atoms with E-state index in [0.717, 1.165) is 51.7 Å². The van der Waals surface area contributed by atoms with Crippen LogP contribution < -0.4 is 0 Å². The summed E-state index contributed by atoms with van der Waals surface area (Å²) in [6.07, 6.45) is 18.0. The second-order valence-electron chi connectivity index (χ2n) is 10.4. The van der Waals surface area contributed by atoms with Gasteiger partial charge >= 0.3 is 0 Å². The third kappa shape index (κ3) is 20.8. The molecule has 0 saturated heterocycles. The minimum absolute atomic E-state index is 0.225. The molecule has 2 nitrogen and oxygen atoms in total. The number of allylic oxidation sites excluding steroid dienone is 7. The Bertz CT molecular complexity index is 548. The van der Waals surface area contributed by atoms with E-state index in [9.17, 15) is 0 Å². The molecule has 0 N–H and O–H groups in total. The van der Waals surface area contributed by atoms with Gasteiger partial charge in [0.1, 0.15) is 0 Å². The quantitative estimate of drug-likeness (QED) is 0.154. The van der Waals surface area contributed by atoms with Crippen LogP contribution in [0.4, 0.5) is 0 Å². The molecule has 0 heterocycles. The summed E-state index contributed by atoms with van der Waals surface area (Å²) < 4.78 is 12.4. The molecule has 0 bridgehead atoms. The van der Waals surface area contributed by atoms with Gasteiger partial charge in [-0.1, -0.05) is 54.4 Å². The van der Waals surface area contributed by atoms with Gasteiger partial charge in [0.15, 0.2) is 6.29 Å². The average molecular weight is 447 g/mol. The van der Waals surface area contributed by atoms with Crippen molar-refractivity contribution < 1.29 is 9.47 Å². The van der Waals surface area contributed by atoms with E-state index in [1.807, 2.05) is 0 Å². The summed E-state index contributed by atoms with van der Waals surface area (Å²) >= 11 is 0. The molecule has 0 aromatic heterocycles. The van der Waals surface area contributed by atoms with E-state index in [0.29, 0.717) is 11.8 Å². The Balaban J connectivity index is 4.60. The second kappa shape index (κ2) is 19.4. The fourth-order valence-corrected chi connectivity index (χ4v) is 3.42. The van der Waals surface area contributed by atoms with Crippen molar-refractivity contribution in [2.75, 3.05) is 13.2 Å². The maximum absolute atomic E-state index is 6.19.